The van der Waals surface area contributed by atoms with E-state index >= 15 is 0 Å². The second-order valence-corrected chi connectivity index (χ2v) is 7.43. The summed E-state index contributed by atoms with van der Waals surface area (Å²) in [5.74, 6) is 1.38. The normalized spacial score (nSPS) is 11.2. The Hall–Kier alpha value is -3.28. The van der Waals surface area contributed by atoms with Gasteiger partial charge in [-0.3, -0.25) is 4.79 Å². The smallest absolute Gasteiger partial charge is 0.260 e. The van der Waals surface area contributed by atoms with Crippen molar-refractivity contribution < 1.29 is 14.3 Å². The van der Waals surface area contributed by atoms with Crippen LogP contribution in [0, 0.1) is 0 Å². The monoisotopic (exact) mass is 379 g/mol. The van der Waals surface area contributed by atoms with Gasteiger partial charge < -0.3 is 14.8 Å². The molecule has 28 heavy (non-hydrogen) atoms. The molecule has 0 saturated carbocycles. The maximum Gasteiger partial charge on any atom is 0.260 e. The molecule has 1 aromatic heterocycles. The number of hydrogen-bond acceptors (Lipinski definition) is 4. The second kappa shape index (κ2) is 7.76. The Morgan fingerprint density at radius 1 is 1.00 bits per heavy atom. The number of aromatic nitrogens is 2. The summed E-state index contributed by atoms with van der Waals surface area (Å²) in [6.45, 7) is 6.26. The van der Waals surface area contributed by atoms with Crippen LogP contribution in [0.1, 0.15) is 36.8 Å². The number of carbonyl (C=O) groups excluding carboxylic acids is 1. The molecular weight excluding hydrogens is 354 g/mol. The van der Waals surface area contributed by atoms with Crippen molar-refractivity contribution in [3.63, 3.8) is 0 Å². The van der Waals surface area contributed by atoms with E-state index in [1.165, 1.54) is 7.11 Å². The van der Waals surface area contributed by atoms with Gasteiger partial charge in [-0.25, -0.2) is 4.68 Å². The van der Waals surface area contributed by atoms with Crippen LogP contribution in [-0.2, 0) is 5.41 Å². The van der Waals surface area contributed by atoms with Crippen LogP contribution in [0.2, 0.25) is 0 Å². The van der Waals surface area contributed by atoms with Gasteiger partial charge in [-0.2, -0.15) is 5.10 Å². The number of methoxy groups -OCH3 is 2. The van der Waals surface area contributed by atoms with Crippen molar-refractivity contribution in [2.75, 3.05) is 19.5 Å². The summed E-state index contributed by atoms with van der Waals surface area (Å²) in [6, 6.07) is 16.7. The molecule has 0 aliphatic carbocycles. The summed E-state index contributed by atoms with van der Waals surface area (Å²) >= 11 is 0. The lowest BCUT2D eigenvalue weighted by molar-refractivity contribution is 0.102. The SMILES string of the molecule is COc1ccc(C(=O)Nc2cc(C(C)(C)C)nn2-c2ccccc2)c(OC)c1. The molecule has 146 valence electrons. The average molecular weight is 379 g/mol. The molecule has 0 saturated heterocycles. The van der Waals surface area contributed by atoms with Crippen LogP contribution in [0.3, 0.4) is 0 Å². The molecular formula is C22H25N3O3. The van der Waals surface area contributed by atoms with Gasteiger partial charge in [0.1, 0.15) is 17.3 Å². The summed E-state index contributed by atoms with van der Waals surface area (Å²) < 4.78 is 12.3. The molecule has 2 aromatic carbocycles. The van der Waals surface area contributed by atoms with Crippen molar-refractivity contribution in [3.8, 4) is 17.2 Å². The summed E-state index contributed by atoms with van der Waals surface area (Å²) in [5.41, 5.74) is 2.02. The largest absolute Gasteiger partial charge is 0.497 e. The van der Waals surface area contributed by atoms with Crippen LogP contribution in [-0.4, -0.2) is 29.9 Å². The van der Waals surface area contributed by atoms with E-state index in [0.29, 0.717) is 22.9 Å². The standard InChI is InChI=1S/C22H25N3O3/c1-22(2,3)19-14-20(25(24-19)15-9-7-6-8-10-15)23-21(26)17-12-11-16(27-4)13-18(17)28-5/h6-14H,1-5H3,(H,23,26). The predicted octanol–water partition coefficient (Wildman–Crippen LogP) is 4.44. The predicted molar refractivity (Wildman–Crippen MR) is 110 cm³/mol. The lowest BCUT2D eigenvalue weighted by Crippen LogP contribution is -2.16. The lowest BCUT2D eigenvalue weighted by atomic mass is 9.92. The third kappa shape index (κ3) is 4.01. The molecule has 6 heteroatoms. The number of para-hydroxylation sites is 1. The molecule has 0 aliphatic rings. The zero-order chi connectivity index (χ0) is 20.3. The van der Waals surface area contributed by atoms with Crippen molar-refractivity contribution in [2.45, 2.75) is 26.2 Å². The van der Waals surface area contributed by atoms with Crippen LogP contribution < -0.4 is 14.8 Å². The maximum atomic E-state index is 13.0. The van der Waals surface area contributed by atoms with Gasteiger partial charge in [-0.1, -0.05) is 39.0 Å². The highest BCUT2D eigenvalue weighted by Crippen LogP contribution is 2.28. The third-order valence-electron chi connectivity index (χ3n) is 4.37. The molecule has 1 amide bonds. The molecule has 1 heterocycles. The zero-order valence-electron chi connectivity index (χ0n) is 16.8. The van der Waals surface area contributed by atoms with Gasteiger partial charge in [0.05, 0.1) is 31.2 Å². The number of carbonyl (C=O) groups is 1. The van der Waals surface area contributed by atoms with Crippen LogP contribution in [0.5, 0.6) is 11.5 Å². The van der Waals surface area contributed by atoms with E-state index in [0.717, 1.165) is 11.4 Å². The molecule has 0 unspecified atom stereocenters. The summed E-state index contributed by atoms with van der Waals surface area (Å²) in [6.07, 6.45) is 0. The van der Waals surface area contributed by atoms with Crippen molar-refractivity contribution in [1.82, 2.24) is 9.78 Å². The molecule has 3 aromatic rings. The number of rotatable bonds is 5. The van der Waals surface area contributed by atoms with Gasteiger partial charge in [0.25, 0.3) is 5.91 Å². The van der Waals surface area contributed by atoms with Gasteiger partial charge >= 0.3 is 0 Å². The highest BCUT2D eigenvalue weighted by molar-refractivity contribution is 6.06. The Kier molecular flexibility index (Phi) is 5.40. The minimum Gasteiger partial charge on any atom is -0.497 e. The van der Waals surface area contributed by atoms with Crippen LogP contribution >= 0.6 is 0 Å². The summed E-state index contributed by atoms with van der Waals surface area (Å²) in [7, 11) is 3.10. The van der Waals surface area contributed by atoms with Gasteiger partial charge in [-0.15, -0.1) is 0 Å². The fourth-order valence-corrected chi connectivity index (χ4v) is 2.77. The summed E-state index contributed by atoms with van der Waals surface area (Å²) in [5, 5.41) is 7.69. The molecule has 3 rings (SSSR count). The van der Waals surface area contributed by atoms with Crippen LogP contribution in [0.15, 0.2) is 54.6 Å². The third-order valence-corrected chi connectivity index (χ3v) is 4.37. The van der Waals surface area contributed by atoms with Gasteiger partial charge in [0.2, 0.25) is 0 Å². The highest BCUT2D eigenvalue weighted by Gasteiger charge is 2.22. The fraction of sp³-hybridized carbons (Fsp3) is 0.273. The van der Waals surface area contributed by atoms with E-state index in [-0.39, 0.29) is 11.3 Å². The lowest BCUT2D eigenvalue weighted by Gasteiger charge is -2.14. The average Bonchev–Trinajstić information content (AvgIpc) is 3.12. The Morgan fingerprint density at radius 3 is 2.32 bits per heavy atom. The first-order valence-corrected chi connectivity index (χ1v) is 9.03. The van der Waals surface area contributed by atoms with Gasteiger partial charge in [0, 0.05) is 17.5 Å². The first-order chi connectivity index (χ1) is 13.3. The molecule has 0 fully saturated rings. The van der Waals surface area contributed by atoms with E-state index in [1.807, 2.05) is 36.4 Å². The second-order valence-electron chi connectivity index (χ2n) is 7.43. The van der Waals surface area contributed by atoms with Crippen molar-refractivity contribution in [3.05, 3.63) is 65.9 Å². The molecule has 0 aliphatic heterocycles. The number of hydrogen-bond donors (Lipinski definition) is 1. The Balaban J connectivity index is 2.00. The minimum atomic E-state index is -0.281. The number of anilines is 1. The number of nitrogens with zero attached hydrogens (tertiary/aromatic N) is 2. The topological polar surface area (TPSA) is 65.4 Å². The summed E-state index contributed by atoms with van der Waals surface area (Å²) in [4.78, 5) is 13.0. The van der Waals surface area contributed by atoms with Gasteiger partial charge in [-0.05, 0) is 24.3 Å². The molecule has 0 radical (unpaired) electrons. The number of ether oxygens (including phenoxy) is 2. The molecule has 0 spiro atoms. The molecule has 0 bridgehead atoms. The number of benzene rings is 2. The van der Waals surface area contributed by atoms with Gasteiger partial charge in [0.15, 0.2) is 0 Å². The fourth-order valence-electron chi connectivity index (χ4n) is 2.77. The quantitative estimate of drug-likeness (QED) is 0.712. The van der Waals surface area contributed by atoms with E-state index in [2.05, 4.69) is 26.1 Å². The minimum absolute atomic E-state index is 0.155. The van der Waals surface area contributed by atoms with Crippen molar-refractivity contribution in [2.24, 2.45) is 0 Å². The number of amides is 1. The zero-order valence-corrected chi connectivity index (χ0v) is 16.8. The maximum absolute atomic E-state index is 13.0. The first-order valence-electron chi connectivity index (χ1n) is 9.03. The van der Waals surface area contributed by atoms with E-state index in [1.54, 1.807) is 30.0 Å². The van der Waals surface area contributed by atoms with E-state index in [4.69, 9.17) is 14.6 Å². The number of nitrogens with one attached hydrogen (secondary N) is 1. The van der Waals surface area contributed by atoms with E-state index < -0.39 is 0 Å². The first kappa shape index (κ1) is 19.5. The highest BCUT2D eigenvalue weighted by atomic mass is 16.5. The van der Waals surface area contributed by atoms with Crippen LogP contribution in [0.25, 0.3) is 5.69 Å². The Labute approximate surface area is 165 Å². The molecule has 6 nitrogen and oxygen atoms in total. The molecule has 0 atom stereocenters. The van der Waals surface area contributed by atoms with Crippen molar-refractivity contribution in [1.29, 1.82) is 0 Å². The molecule has 1 N–H and O–H groups in total. The van der Waals surface area contributed by atoms with E-state index in [9.17, 15) is 4.79 Å². The van der Waals surface area contributed by atoms with Crippen molar-refractivity contribution >= 4 is 11.7 Å². The Morgan fingerprint density at radius 2 is 1.71 bits per heavy atom. The van der Waals surface area contributed by atoms with Crippen LogP contribution in [0.4, 0.5) is 5.82 Å². The Bertz CT molecular complexity index is 972.